The fourth-order valence-corrected chi connectivity index (χ4v) is 3.16. The van der Waals surface area contributed by atoms with E-state index in [2.05, 4.69) is 15.4 Å². The molecule has 6 heteroatoms. The van der Waals surface area contributed by atoms with E-state index >= 15 is 0 Å². The average Bonchev–Trinajstić information content (AvgIpc) is 2.95. The number of hydrogen-bond acceptors (Lipinski definition) is 2. The van der Waals surface area contributed by atoms with Gasteiger partial charge < -0.3 is 4.57 Å². The molecule has 0 radical (unpaired) electrons. The van der Waals surface area contributed by atoms with Gasteiger partial charge >= 0.3 is 0 Å². The van der Waals surface area contributed by atoms with Crippen molar-refractivity contribution >= 4 is 23.4 Å². The Kier molecular flexibility index (Phi) is 5.62. The molecule has 2 amide bonds. The number of amides is 2. The first-order valence-electron chi connectivity index (χ1n) is 8.53. The molecule has 0 spiro atoms. The van der Waals surface area contributed by atoms with Gasteiger partial charge in [-0.3, -0.25) is 20.4 Å². The van der Waals surface area contributed by atoms with E-state index in [1.54, 1.807) is 24.3 Å². The summed E-state index contributed by atoms with van der Waals surface area (Å²) in [4.78, 5) is 24.7. The summed E-state index contributed by atoms with van der Waals surface area (Å²) in [5.74, 6) is -0.838. The van der Waals surface area contributed by atoms with Gasteiger partial charge in [0, 0.05) is 17.9 Å². The molecule has 1 heterocycles. The average molecular weight is 382 g/mol. The van der Waals surface area contributed by atoms with Crippen LogP contribution in [-0.4, -0.2) is 16.4 Å². The van der Waals surface area contributed by atoms with Crippen molar-refractivity contribution in [1.82, 2.24) is 15.4 Å². The molecule has 5 nitrogen and oxygen atoms in total. The first-order valence-corrected chi connectivity index (χ1v) is 8.91. The van der Waals surface area contributed by atoms with Gasteiger partial charge in [0.05, 0.1) is 16.1 Å². The van der Waals surface area contributed by atoms with Gasteiger partial charge in [0.1, 0.15) is 0 Å². The van der Waals surface area contributed by atoms with Gasteiger partial charge in [-0.1, -0.05) is 54.1 Å². The standard InChI is InChI=1S/C21H20ClN3O2/c1-14-12-18(15(2)25(14)13-16-8-4-3-5-9-16)21(27)24-23-20(26)17-10-6-7-11-19(17)22/h3-12H,13H2,1-2H3,(H,23,26)(H,24,27). The number of carbonyl (C=O) groups excluding carboxylic acids is 2. The molecule has 0 saturated carbocycles. The SMILES string of the molecule is Cc1cc(C(=O)NNC(=O)c2ccccc2Cl)c(C)n1Cc1ccccc1. The van der Waals surface area contributed by atoms with Gasteiger partial charge in [-0.25, -0.2) is 0 Å². The Balaban J connectivity index is 1.71. The minimum atomic E-state index is -0.466. The lowest BCUT2D eigenvalue weighted by Crippen LogP contribution is -2.41. The molecule has 0 aliphatic heterocycles. The highest BCUT2D eigenvalue weighted by Gasteiger charge is 2.17. The lowest BCUT2D eigenvalue weighted by molar-refractivity contribution is 0.0846. The maximum Gasteiger partial charge on any atom is 0.271 e. The lowest BCUT2D eigenvalue weighted by atomic mass is 10.2. The van der Waals surface area contributed by atoms with Crippen molar-refractivity contribution in [2.45, 2.75) is 20.4 Å². The molecule has 3 rings (SSSR count). The molecule has 3 aromatic rings. The van der Waals surface area contributed by atoms with Crippen LogP contribution in [0.2, 0.25) is 5.02 Å². The van der Waals surface area contributed by atoms with Crippen molar-refractivity contribution in [3.8, 4) is 0 Å². The van der Waals surface area contributed by atoms with Crippen molar-refractivity contribution in [2.24, 2.45) is 0 Å². The Morgan fingerprint density at radius 2 is 1.48 bits per heavy atom. The van der Waals surface area contributed by atoms with Crippen LogP contribution in [0.5, 0.6) is 0 Å². The second kappa shape index (κ2) is 8.10. The zero-order valence-electron chi connectivity index (χ0n) is 15.1. The molecule has 0 aliphatic rings. The zero-order chi connectivity index (χ0) is 19.4. The normalized spacial score (nSPS) is 10.5. The molecular formula is C21H20ClN3O2. The summed E-state index contributed by atoms with van der Waals surface area (Å²) in [6, 6.07) is 18.5. The van der Waals surface area contributed by atoms with Crippen LogP contribution in [0, 0.1) is 13.8 Å². The molecular weight excluding hydrogens is 362 g/mol. The molecule has 0 aliphatic carbocycles. The third-order valence-electron chi connectivity index (χ3n) is 4.41. The van der Waals surface area contributed by atoms with E-state index in [1.165, 1.54) is 0 Å². The zero-order valence-corrected chi connectivity index (χ0v) is 15.9. The van der Waals surface area contributed by atoms with E-state index in [1.807, 2.05) is 50.2 Å². The van der Waals surface area contributed by atoms with Crippen molar-refractivity contribution in [1.29, 1.82) is 0 Å². The number of aromatic nitrogens is 1. The molecule has 2 aromatic carbocycles. The fraction of sp³-hybridized carbons (Fsp3) is 0.143. The number of aryl methyl sites for hydroxylation is 1. The monoisotopic (exact) mass is 381 g/mol. The molecule has 0 unspecified atom stereocenters. The minimum Gasteiger partial charge on any atom is -0.344 e. The molecule has 0 bridgehead atoms. The van der Waals surface area contributed by atoms with Crippen LogP contribution >= 0.6 is 11.6 Å². The number of halogens is 1. The van der Waals surface area contributed by atoms with Crippen LogP contribution in [0.15, 0.2) is 60.7 Å². The molecule has 0 fully saturated rings. The number of hydrogen-bond donors (Lipinski definition) is 2. The Bertz CT molecular complexity index is 980. The van der Waals surface area contributed by atoms with E-state index in [0.717, 1.165) is 17.0 Å². The van der Waals surface area contributed by atoms with Crippen molar-refractivity contribution in [3.63, 3.8) is 0 Å². The van der Waals surface area contributed by atoms with Gasteiger partial charge in [-0.2, -0.15) is 0 Å². The van der Waals surface area contributed by atoms with Gasteiger partial charge in [-0.15, -0.1) is 0 Å². The molecule has 0 atom stereocenters. The second-order valence-corrected chi connectivity index (χ2v) is 6.65. The quantitative estimate of drug-likeness (QED) is 0.673. The first-order chi connectivity index (χ1) is 13.0. The number of hydrazine groups is 1. The Labute approximate surface area is 162 Å². The van der Waals surface area contributed by atoms with Gasteiger partial charge in [0.2, 0.25) is 0 Å². The number of carbonyl (C=O) groups is 2. The van der Waals surface area contributed by atoms with Crippen LogP contribution in [0.3, 0.4) is 0 Å². The third kappa shape index (κ3) is 4.20. The molecule has 1 aromatic heterocycles. The lowest BCUT2D eigenvalue weighted by Gasteiger charge is -2.11. The highest BCUT2D eigenvalue weighted by molar-refractivity contribution is 6.33. The predicted molar refractivity (Wildman–Crippen MR) is 106 cm³/mol. The number of rotatable bonds is 4. The molecule has 0 saturated heterocycles. The largest absolute Gasteiger partial charge is 0.344 e. The van der Waals surface area contributed by atoms with E-state index < -0.39 is 5.91 Å². The van der Waals surface area contributed by atoms with Gasteiger partial charge in [0.15, 0.2) is 0 Å². The maximum absolute atomic E-state index is 12.5. The summed E-state index contributed by atoms with van der Waals surface area (Å²) < 4.78 is 2.07. The third-order valence-corrected chi connectivity index (χ3v) is 4.74. The van der Waals surface area contributed by atoms with E-state index in [-0.39, 0.29) is 5.91 Å². The Morgan fingerprint density at radius 1 is 0.889 bits per heavy atom. The van der Waals surface area contributed by atoms with Crippen LogP contribution in [-0.2, 0) is 6.54 Å². The fourth-order valence-electron chi connectivity index (χ4n) is 2.93. The highest BCUT2D eigenvalue weighted by atomic mass is 35.5. The molecule has 2 N–H and O–H groups in total. The van der Waals surface area contributed by atoms with E-state index in [0.29, 0.717) is 22.7 Å². The number of benzene rings is 2. The molecule has 138 valence electrons. The summed E-state index contributed by atoms with van der Waals surface area (Å²) in [5.41, 5.74) is 8.64. The van der Waals surface area contributed by atoms with E-state index in [9.17, 15) is 9.59 Å². The summed E-state index contributed by atoms with van der Waals surface area (Å²) in [6.07, 6.45) is 0. The highest BCUT2D eigenvalue weighted by Crippen LogP contribution is 2.17. The van der Waals surface area contributed by atoms with Crippen LogP contribution < -0.4 is 10.9 Å². The second-order valence-electron chi connectivity index (χ2n) is 6.24. The van der Waals surface area contributed by atoms with Crippen molar-refractivity contribution in [2.75, 3.05) is 0 Å². The van der Waals surface area contributed by atoms with Crippen LogP contribution in [0.1, 0.15) is 37.7 Å². The summed E-state index contributed by atoms with van der Waals surface area (Å²) >= 11 is 6.00. The number of nitrogens with one attached hydrogen (secondary N) is 2. The Morgan fingerprint density at radius 3 is 2.15 bits per heavy atom. The topological polar surface area (TPSA) is 63.1 Å². The molecule has 27 heavy (non-hydrogen) atoms. The van der Waals surface area contributed by atoms with Crippen LogP contribution in [0.4, 0.5) is 0 Å². The van der Waals surface area contributed by atoms with Crippen LogP contribution in [0.25, 0.3) is 0 Å². The van der Waals surface area contributed by atoms with E-state index in [4.69, 9.17) is 11.6 Å². The predicted octanol–water partition coefficient (Wildman–Crippen LogP) is 3.88. The first kappa shape index (κ1) is 18.7. The summed E-state index contributed by atoms with van der Waals surface area (Å²) in [6.45, 7) is 4.52. The summed E-state index contributed by atoms with van der Waals surface area (Å²) in [5, 5.41) is 0.324. The minimum absolute atomic E-state index is 0.300. The Hall–Kier alpha value is -3.05. The smallest absolute Gasteiger partial charge is 0.271 e. The van der Waals surface area contributed by atoms with Gasteiger partial charge in [0.25, 0.3) is 11.8 Å². The summed E-state index contributed by atoms with van der Waals surface area (Å²) in [7, 11) is 0. The number of nitrogens with zero attached hydrogens (tertiary/aromatic N) is 1. The van der Waals surface area contributed by atoms with Crippen molar-refractivity contribution in [3.05, 3.63) is 93.8 Å². The maximum atomic E-state index is 12.5. The van der Waals surface area contributed by atoms with Crippen molar-refractivity contribution < 1.29 is 9.59 Å². The van der Waals surface area contributed by atoms with Gasteiger partial charge in [-0.05, 0) is 37.6 Å².